The summed E-state index contributed by atoms with van der Waals surface area (Å²) in [7, 11) is 4.78. The van der Waals surface area contributed by atoms with Crippen molar-refractivity contribution in [2.24, 2.45) is 0 Å². The van der Waals surface area contributed by atoms with Gasteiger partial charge in [-0.3, -0.25) is 4.79 Å². The van der Waals surface area contributed by atoms with Crippen molar-refractivity contribution < 1.29 is 23.7 Å². The van der Waals surface area contributed by atoms with Crippen molar-refractivity contribution in [1.29, 1.82) is 0 Å². The Morgan fingerprint density at radius 1 is 0.829 bits per heavy atom. The third kappa shape index (κ3) is 7.00. The predicted octanol–water partition coefficient (Wildman–Crippen LogP) is 6.96. The summed E-state index contributed by atoms with van der Waals surface area (Å²) in [5, 5.41) is 0. The van der Waals surface area contributed by atoms with Gasteiger partial charge >= 0.3 is 0 Å². The number of carbonyl (C=O) groups is 1. The minimum atomic E-state index is -0.131. The number of ether oxygens (including phenoxy) is 4. The second-order valence-electron chi connectivity index (χ2n) is 8.00. The first-order valence-electron chi connectivity index (χ1n) is 11.5. The average molecular weight is 473 g/mol. The quantitative estimate of drug-likeness (QED) is 0.172. The number of carbonyl (C=O) groups excluding carboxylic acids is 1. The first kappa shape index (κ1) is 25.6. The molecule has 0 radical (unpaired) electrons. The van der Waals surface area contributed by atoms with Crippen LogP contribution >= 0.6 is 0 Å². The molecule has 35 heavy (non-hydrogen) atoms. The van der Waals surface area contributed by atoms with E-state index in [-0.39, 0.29) is 11.9 Å². The van der Waals surface area contributed by atoms with Crippen molar-refractivity contribution in [3.63, 3.8) is 0 Å². The Morgan fingerprint density at radius 3 is 2.23 bits per heavy atom. The molecule has 0 N–H and O–H groups in total. The van der Waals surface area contributed by atoms with E-state index in [9.17, 15) is 4.79 Å². The molecule has 0 saturated heterocycles. The van der Waals surface area contributed by atoms with Gasteiger partial charge < -0.3 is 18.9 Å². The van der Waals surface area contributed by atoms with Crippen LogP contribution in [0.2, 0.25) is 0 Å². The predicted molar refractivity (Wildman–Crippen MR) is 142 cm³/mol. The highest BCUT2D eigenvalue weighted by Crippen LogP contribution is 2.32. The van der Waals surface area contributed by atoms with Crippen molar-refractivity contribution in [2.45, 2.75) is 26.4 Å². The van der Waals surface area contributed by atoms with E-state index in [1.807, 2.05) is 42.5 Å². The summed E-state index contributed by atoms with van der Waals surface area (Å²) in [5.41, 5.74) is 3.20. The van der Waals surface area contributed by atoms with E-state index in [0.29, 0.717) is 22.8 Å². The van der Waals surface area contributed by atoms with E-state index in [0.717, 1.165) is 28.9 Å². The molecule has 5 heteroatoms. The molecule has 1 unspecified atom stereocenters. The monoisotopic (exact) mass is 472 g/mol. The molecule has 0 spiro atoms. The highest BCUT2D eigenvalue weighted by molar-refractivity contribution is 6.07. The van der Waals surface area contributed by atoms with Gasteiger partial charge in [0.25, 0.3) is 0 Å². The second-order valence-corrected chi connectivity index (χ2v) is 8.00. The summed E-state index contributed by atoms with van der Waals surface area (Å²) >= 11 is 0. The van der Waals surface area contributed by atoms with Gasteiger partial charge in [-0.25, -0.2) is 0 Å². The maximum absolute atomic E-state index is 12.8. The lowest BCUT2D eigenvalue weighted by molar-refractivity contribution is 0.104. The van der Waals surface area contributed by atoms with Crippen LogP contribution in [0.25, 0.3) is 18.2 Å². The van der Waals surface area contributed by atoms with Crippen molar-refractivity contribution in [2.75, 3.05) is 21.3 Å². The number of hydrogen-bond acceptors (Lipinski definition) is 5. The number of allylic oxidation sites excluding steroid dienone is 1. The smallest absolute Gasteiger partial charge is 0.185 e. The number of benzene rings is 3. The largest absolute Gasteiger partial charge is 0.497 e. The van der Waals surface area contributed by atoms with E-state index in [4.69, 9.17) is 18.9 Å². The van der Waals surface area contributed by atoms with Gasteiger partial charge in [0.2, 0.25) is 0 Å². The van der Waals surface area contributed by atoms with Gasteiger partial charge in [0.1, 0.15) is 23.0 Å². The standard InChI is InChI=1S/C30H32O5/c1-6-21(2)35-25-14-11-22(12-15-25)10-13-23-18-27(33-4)20-30(34-5)28(23)16-17-29(31)24-8-7-9-26(19-24)32-3/h7-21H,6H2,1-5H3/b13-10+,17-16+. The highest BCUT2D eigenvalue weighted by Gasteiger charge is 2.10. The summed E-state index contributed by atoms with van der Waals surface area (Å²) in [6.45, 7) is 4.15. The minimum absolute atomic E-state index is 0.131. The maximum Gasteiger partial charge on any atom is 0.185 e. The summed E-state index contributed by atoms with van der Waals surface area (Å²) in [6.07, 6.45) is 8.42. The number of ketones is 1. The molecule has 0 heterocycles. The number of rotatable bonds is 11. The zero-order valence-corrected chi connectivity index (χ0v) is 20.9. The molecule has 0 aromatic heterocycles. The fourth-order valence-corrected chi connectivity index (χ4v) is 3.42. The van der Waals surface area contributed by atoms with E-state index >= 15 is 0 Å². The Hall–Kier alpha value is -3.99. The van der Waals surface area contributed by atoms with Crippen LogP contribution in [-0.4, -0.2) is 33.2 Å². The zero-order chi connectivity index (χ0) is 25.2. The molecule has 0 amide bonds. The molecule has 5 nitrogen and oxygen atoms in total. The summed E-state index contributed by atoms with van der Waals surface area (Å²) in [5.74, 6) is 2.62. The van der Waals surface area contributed by atoms with Gasteiger partial charge in [-0.15, -0.1) is 0 Å². The van der Waals surface area contributed by atoms with Crippen LogP contribution in [0.4, 0.5) is 0 Å². The van der Waals surface area contributed by atoms with E-state index < -0.39 is 0 Å². The van der Waals surface area contributed by atoms with Crippen LogP contribution in [-0.2, 0) is 0 Å². The fraction of sp³-hybridized carbons (Fsp3) is 0.233. The van der Waals surface area contributed by atoms with Crippen molar-refractivity contribution in [3.8, 4) is 23.0 Å². The van der Waals surface area contributed by atoms with Crippen molar-refractivity contribution in [3.05, 3.63) is 89.0 Å². The van der Waals surface area contributed by atoms with Crippen molar-refractivity contribution >= 4 is 24.0 Å². The maximum atomic E-state index is 12.8. The molecule has 3 aromatic rings. The Labute approximate surface area is 207 Å². The Morgan fingerprint density at radius 2 is 1.57 bits per heavy atom. The van der Waals surface area contributed by atoms with E-state index in [1.165, 1.54) is 6.08 Å². The first-order chi connectivity index (χ1) is 17.0. The third-order valence-electron chi connectivity index (χ3n) is 5.61. The molecule has 182 valence electrons. The fourth-order valence-electron chi connectivity index (χ4n) is 3.42. The van der Waals surface area contributed by atoms with Crippen LogP contribution in [0, 0.1) is 0 Å². The summed E-state index contributed by atoms with van der Waals surface area (Å²) < 4.78 is 22.1. The van der Waals surface area contributed by atoms with Crippen LogP contribution in [0.3, 0.4) is 0 Å². The van der Waals surface area contributed by atoms with Gasteiger partial charge in [-0.05, 0) is 67.0 Å². The zero-order valence-electron chi connectivity index (χ0n) is 20.9. The summed E-state index contributed by atoms with van der Waals surface area (Å²) in [4.78, 5) is 12.8. The Bertz CT molecular complexity index is 1190. The van der Waals surface area contributed by atoms with Crippen LogP contribution in [0.1, 0.15) is 47.3 Å². The lowest BCUT2D eigenvalue weighted by atomic mass is 10.0. The summed E-state index contributed by atoms with van der Waals surface area (Å²) in [6, 6.07) is 18.7. The lowest BCUT2D eigenvalue weighted by Crippen LogP contribution is -2.09. The van der Waals surface area contributed by atoms with E-state index in [2.05, 4.69) is 13.8 Å². The molecule has 3 rings (SSSR count). The first-order valence-corrected chi connectivity index (χ1v) is 11.5. The van der Waals surface area contributed by atoms with Crippen LogP contribution in [0.15, 0.2) is 66.7 Å². The van der Waals surface area contributed by atoms with Gasteiger partial charge in [0, 0.05) is 17.2 Å². The highest BCUT2D eigenvalue weighted by atomic mass is 16.5. The molecule has 0 bridgehead atoms. The van der Waals surface area contributed by atoms with Gasteiger partial charge in [0.15, 0.2) is 5.78 Å². The van der Waals surface area contributed by atoms with Crippen LogP contribution < -0.4 is 18.9 Å². The molecular formula is C30H32O5. The topological polar surface area (TPSA) is 54.0 Å². The average Bonchev–Trinajstić information content (AvgIpc) is 2.90. The SMILES string of the molecule is CCC(C)Oc1ccc(/C=C/c2cc(OC)cc(OC)c2/C=C/C(=O)c2cccc(OC)c2)cc1. The number of methoxy groups -OCH3 is 3. The molecule has 0 aliphatic rings. The van der Waals surface area contributed by atoms with Crippen LogP contribution in [0.5, 0.6) is 23.0 Å². The van der Waals surface area contributed by atoms with Gasteiger partial charge in [-0.2, -0.15) is 0 Å². The minimum Gasteiger partial charge on any atom is -0.497 e. The molecule has 0 aliphatic carbocycles. The van der Waals surface area contributed by atoms with E-state index in [1.54, 1.807) is 57.7 Å². The molecule has 0 fully saturated rings. The molecule has 0 saturated carbocycles. The Kier molecular flexibility index (Phi) is 9.13. The van der Waals surface area contributed by atoms with Crippen molar-refractivity contribution in [1.82, 2.24) is 0 Å². The molecule has 3 aromatic carbocycles. The lowest BCUT2D eigenvalue weighted by Gasteiger charge is -2.12. The number of hydrogen-bond donors (Lipinski definition) is 0. The third-order valence-corrected chi connectivity index (χ3v) is 5.61. The Balaban J connectivity index is 1.90. The van der Waals surface area contributed by atoms with Gasteiger partial charge in [0.05, 0.1) is 27.4 Å². The molecular weight excluding hydrogens is 440 g/mol. The normalized spacial score (nSPS) is 12.0. The molecule has 1 atom stereocenters. The second kappa shape index (κ2) is 12.5. The van der Waals surface area contributed by atoms with Gasteiger partial charge in [-0.1, -0.05) is 43.3 Å². The molecule has 0 aliphatic heterocycles.